The third-order valence-corrected chi connectivity index (χ3v) is 2.33. The van der Waals surface area contributed by atoms with Crippen molar-refractivity contribution in [2.75, 3.05) is 0 Å². The van der Waals surface area contributed by atoms with Gasteiger partial charge in [-0.05, 0) is 29.3 Å². The molecule has 3 heteroatoms. The smallest absolute Gasteiger partial charge is 0.0481 e. The van der Waals surface area contributed by atoms with Crippen molar-refractivity contribution in [3.05, 3.63) is 48.5 Å². The van der Waals surface area contributed by atoms with Crippen molar-refractivity contribution in [3.63, 3.8) is 0 Å². The summed E-state index contributed by atoms with van der Waals surface area (Å²) in [6, 6.07) is 5.84. The van der Waals surface area contributed by atoms with Crippen LogP contribution in [-0.2, 0) is 5.88 Å². The van der Waals surface area contributed by atoms with Gasteiger partial charge in [-0.15, -0.1) is 11.6 Å². The van der Waals surface area contributed by atoms with Crippen LogP contribution in [0.4, 0.5) is 0 Å². The second kappa shape index (κ2) is 4.20. The molecule has 0 aliphatic rings. The number of halogens is 1. The highest BCUT2D eigenvalue weighted by Gasteiger charge is 2.02. The molecule has 0 saturated carbocycles. The Hall–Kier alpha value is -1.41. The predicted octanol–water partition coefficient (Wildman–Crippen LogP) is 2.88. The van der Waals surface area contributed by atoms with Gasteiger partial charge in [-0.3, -0.25) is 9.97 Å². The zero-order chi connectivity index (χ0) is 9.80. The molecule has 0 aliphatic heterocycles. The van der Waals surface area contributed by atoms with Gasteiger partial charge in [-0.2, -0.15) is 0 Å². The second-order valence-electron chi connectivity index (χ2n) is 2.90. The molecule has 0 atom stereocenters. The number of hydrogen-bond donors (Lipinski definition) is 0. The summed E-state index contributed by atoms with van der Waals surface area (Å²) in [5.74, 6) is 0.500. The topological polar surface area (TPSA) is 25.8 Å². The molecule has 0 spiro atoms. The predicted molar refractivity (Wildman–Crippen MR) is 57.0 cm³/mol. The van der Waals surface area contributed by atoms with Crippen LogP contribution in [0.5, 0.6) is 0 Å². The first-order valence-corrected chi connectivity index (χ1v) is 4.84. The normalized spacial score (nSPS) is 10.1. The van der Waals surface area contributed by atoms with E-state index in [1.165, 1.54) is 0 Å². The molecule has 0 unspecified atom stereocenters. The van der Waals surface area contributed by atoms with Gasteiger partial charge in [-0.1, -0.05) is 0 Å². The molecule has 14 heavy (non-hydrogen) atoms. The van der Waals surface area contributed by atoms with Gasteiger partial charge in [0.2, 0.25) is 0 Å². The summed E-state index contributed by atoms with van der Waals surface area (Å²) >= 11 is 5.84. The molecule has 70 valence electrons. The van der Waals surface area contributed by atoms with Gasteiger partial charge in [0, 0.05) is 36.2 Å². The van der Waals surface area contributed by atoms with Gasteiger partial charge >= 0.3 is 0 Å². The van der Waals surface area contributed by atoms with Gasteiger partial charge in [0.15, 0.2) is 0 Å². The van der Waals surface area contributed by atoms with Crippen LogP contribution >= 0.6 is 11.6 Å². The summed E-state index contributed by atoms with van der Waals surface area (Å²) in [6.07, 6.45) is 7.11. The lowest BCUT2D eigenvalue weighted by Gasteiger charge is -2.05. The minimum absolute atomic E-state index is 0.500. The van der Waals surface area contributed by atoms with E-state index in [4.69, 9.17) is 11.6 Å². The number of nitrogens with zero attached hydrogens (tertiary/aromatic N) is 2. The fraction of sp³-hybridized carbons (Fsp3) is 0.0909. The molecule has 2 nitrogen and oxygen atoms in total. The summed E-state index contributed by atoms with van der Waals surface area (Å²) in [7, 11) is 0. The van der Waals surface area contributed by atoms with Gasteiger partial charge in [0.25, 0.3) is 0 Å². The lowest BCUT2D eigenvalue weighted by atomic mass is 10.0. The standard InChI is InChI=1S/C11H9ClN2/c12-7-10-3-6-14-8-11(10)9-1-4-13-5-2-9/h1-6,8H,7H2. The highest BCUT2D eigenvalue weighted by atomic mass is 35.5. The molecule has 0 amide bonds. The monoisotopic (exact) mass is 204 g/mol. The van der Waals surface area contributed by atoms with Crippen LogP contribution in [0.2, 0.25) is 0 Å². The first-order valence-electron chi connectivity index (χ1n) is 4.31. The van der Waals surface area contributed by atoms with Crippen LogP contribution < -0.4 is 0 Å². The van der Waals surface area contributed by atoms with Gasteiger partial charge in [0.1, 0.15) is 0 Å². The number of alkyl halides is 1. The van der Waals surface area contributed by atoms with E-state index < -0.39 is 0 Å². The van der Waals surface area contributed by atoms with Crippen LogP contribution in [0, 0.1) is 0 Å². The maximum Gasteiger partial charge on any atom is 0.0481 e. The van der Waals surface area contributed by atoms with E-state index in [-0.39, 0.29) is 0 Å². The van der Waals surface area contributed by atoms with Crippen molar-refractivity contribution < 1.29 is 0 Å². The average Bonchev–Trinajstić information content (AvgIpc) is 2.30. The molecule has 2 heterocycles. The van der Waals surface area contributed by atoms with E-state index in [0.29, 0.717) is 5.88 Å². The summed E-state index contributed by atoms with van der Waals surface area (Å²) in [4.78, 5) is 8.06. The molecule has 0 N–H and O–H groups in total. The highest BCUT2D eigenvalue weighted by Crippen LogP contribution is 2.22. The molecule has 0 aromatic carbocycles. The van der Waals surface area contributed by atoms with E-state index in [9.17, 15) is 0 Å². The fourth-order valence-corrected chi connectivity index (χ4v) is 1.56. The van der Waals surface area contributed by atoms with Crippen molar-refractivity contribution in [2.24, 2.45) is 0 Å². The Labute approximate surface area is 87.6 Å². The first kappa shape index (κ1) is 9.16. The van der Waals surface area contributed by atoms with Crippen LogP contribution in [0.3, 0.4) is 0 Å². The molecule has 0 aliphatic carbocycles. The van der Waals surface area contributed by atoms with Gasteiger partial charge in [-0.25, -0.2) is 0 Å². The highest BCUT2D eigenvalue weighted by molar-refractivity contribution is 6.17. The molecular weight excluding hydrogens is 196 g/mol. The third kappa shape index (κ3) is 1.75. The quantitative estimate of drug-likeness (QED) is 0.703. The van der Waals surface area contributed by atoms with E-state index in [1.54, 1.807) is 18.6 Å². The Balaban J connectivity index is 2.51. The van der Waals surface area contributed by atoms with Crippen molar-refractivity contribution in [3.8, 4) is 11.1 Å². The lowest BCUT2D eigenvalue weighted by Crippen LogP contribution is -1.87. The van der Waals surface area contributed by atoms with Crippen molar-refractivity contribution in [2.45, 2.75) is 5.88 Å². The first-order chi connectivity index (χ1) is 6.92. The Morgan fingerprint density at radius 3 is 2.43 bits per heavy atom. The van der Waals surface area contributed by atoms with Gasteiger partial charge < -0.3 is 0 Å². The summed E-state index contributed by atoms with van der Waals surface area (Å²) in [5.41, 5.74) is 3.27. The molecule has 2 aromatic heterocycles. The lowest BCUT2D eigenvalue weighted by molar-refractivity contribution is 1.26. The SMILES string of the molecule is ClCc1ccncc1-c1ccncc1. The fourth-order valence-electron chi connectivity index (χ4n) is 1.33. The Morgan fingerprint density at radius 1 is 1.00 bits per heavy atom. The van der Waals surface area contributed by atoms with Crippen molar-refractivity contribution >= 4 is 11.6 Å². The van der Waals surface area contributed by atoms with Gasteiger partial charge in [0.05, 0.1) is 0 Å². The molecule has 2 aromatic rings. The minimum Gasteiger partial charge on any atom is -0.265 e. The van der Waals surface area contributed by atoms with Crippen LogP contribution in [0.15, 0.2) is 43.0 Å². The van der Waals surface area contributed by atoms with Crippen LogP contribution in [-0.4, -0.2) is 9.97 Å². The number of rotatable bonds is 2. The van der Waals surface area contributed by atoms with Crippen LogP contribution in [0.25, 0.3) is 11.1 Å². The second-order valence-corrected chi connectivity index (χ2v) is 3.17. The Kier molecular flexibility index (Phi) is 2.75. The maximum absolute atomic E-state index is 5.84. The minimum atomic E-state index is 0.500. The third-order valence-electron chi connectivity index (χ3n) is 2.05. The summed E-state index contributed by atoms with van der Waals surface area (Å²) in [6.45, 7) is 0. The van der Waals surface area contributed by atoms with Crippen molar-refractivity contribution in [1.29, 1.82) is 0 Å². The van der Waals surface area contributed by atoms with Crippen LogP contribution in [0.1, 0.15) is 5.56 Å². The van der Waals surface area contributed by atoms with Crippen molar-refractivity contribution in [1.82, 2.24) is 9.97 Å². The summed E-state index contributed by atoms with van der Waals surface area (Å²) in [5, 5.41) is 0. The zero-order valence-electron chi connectivity index (χ0n) is 7.52. The number of aromatic nitrogens is 2. The molecular formula is C11H9ClN2. The number of pyridine rings is 2. The summed E-state index contributed by atoms with van der Waals surface area (Å²) < 4.78 is 0. The zero-order valence-corrected chi connectivity index (χ0v) is 8.28. The van der Waals surface area contributed by atoms with E-state index in [1.807, 2.05) is 24.4 Å². The number of hydrogen-bond acceptors (Lipinski definition) is 2. The molecule has 0 bridgehead atoms. The molecule has 2 rings (SSSR count). The maximum atomic E-state index is 5.84. The Bertz CT molecular complexity index is 415. The average molecular weight is 205 g/mol. The Morgan fingerprint density at radius 2 is 1.71 bits per heavy atom. The van der Waals surface area contributed by atoms with E-state index >= 15 is 0 Å². The van der Waals surface area contributed by atoms with E-state index in [0.717, 1.165) is 16.7 Å². The molecule has 0 radical (unpaired) electrons. The molecule has 0 fully saturated rings. The van der Waals surface area contributed by atoms with E-state index in [2.05, 4.69) is 9.97 Å². The largest absolute Gasteiger partial charge is 0.265 e. The molecule has 0 saturated heterocycles.